The van der Waals surface area contributed by atoms with Crippen LogP contribution >= 0.6 is 0 Å². The summed E-state index contributed by atoms with van der Waals surface area (Å²) >= 11 is 0. The number of hydrogen-bond donors (Lipinski definition) is 1. The van der Waals surface area contributed by atoms with Gasteiger partial charge in [-0.25, -0.2) is 0 Å². The van der Waals surface area contributed by atoms with Crippen LogP contribution in [0.25, 0.3) is 0 Å². The summed E-state index contributed by atoms with van der Waals surface area (Å²) in [4.78, 5) is 14.5. The van der Waals surface area contributed by atoms with E-state index in [2.05, 4.69) is 27.5 Å². The van der Waals surface area contributed by atoms with Crippen LogP contribution in [0.3, 0.4) is 0 Å². The Morgan fingerprint density at radius 1 is 1.22 bits per heavy atom. The number of amides is 1. The largest absolute Gasteiger partial charge is 0.359 e. The molecule has 1 amide bonds. The first-order valence-electron chi connectivity index (χ1n) is 10.1. The fraction of sp³-hybridized carbons (Fsp3) is 0.545. The van der Waals surface area contributed by atoms with Crippen molar-refractivity contribution in [1.29, 1.82) is 0 Å². The number of benzene rings is 1. The maximum absolute atomic E-state index is 12.4. The minimum atomic E-state index is -0.117. The molecule has 0 bridgehead atoms. The number of aromatic nitrogens is 1. The maximum Gasteiger partial charge on any atom is 0.273 e. The molecule has 1 atom stereocenters. The van der Waals surface area contributed by atoms with Gasteiger partial charge in [0.2, 0.25) is 0 Å². The zero-order valence-corrected chi connectivity index (χ0v) is 16.1. The molecule has 27 heavy (non-hydrogen) atoms. The van der Waals surface area contributed by atoms with E-state index in [-0.39, 0.29) is 5.91 Å². The van der Waals surface area contributed by atoms with E-state index in [1.807, 2.05) is 25.2 Å². The molecule has 2 aliphatic carbocycles. The zero-order chi connectivity index (χ0) is 18.7. The van der Waals surface area contributed by atoms with Gasteiger partial charge in [0.1, 0.15) is 0 Å². The summed E-state index contributed by atoms with van der Waals surface area (Å²) in [7, 11) is 2.03. The van der Waals surface area contributed by atoms with E-state index in [1.165, 1.54) is 44.1 Å². The molecule has 144 valence electrons. The van der Waals surface area contributed by atoms with Crippen molar-refractivity contribution in [2.24, 2.45) is 11.3 Å². The summed E-state index contributed by atoms with van der Waals surface area (Å²) in [5.41, 5.74) is 2.18. The molecule has 5 heteroatoms. The van der Waals surface area contributed by atoms with Gasteiger partial charge in [-0.2, -0.15) is 0 Å². The molecular formula is C22H29N3O2. The molecule has 2 saturated carbocycles. The second-order valence-corrected chi connectivity index (χ2v) is 8.37. The van der Waals surface area contributed by atoms with E-state index >= 15 is 0 Å². The number of rotatable bonds is 7. The van der Waals surface area contributed by atoms with Gasteiger partial charge in [-0.3, -0.25) is 9.69 Å². The first-order chi connectivity index (χ1) is 13.1. The average molecular weight is 367 g/mol. The second kappa shape index (κ2) is 7.85. The lowest BCUT2D eigenvalue weighted by Crippen LogP contribution is -2.27. The third-order valence-corrected chi connectivity index (χ3v) is 6.23. The number of carbonyl (C=O) groups is 1. The van der Waals surface area contributed by atoms with Gasteiger partial charge in [0, 0.05) is 19.2 Å². The van der Waals surface area contributed by atoms with Crippen LogP contribution in [-0.4, -0.2) is 29.6 Å². The Morgan fingerprint density at radius 2 is 2.00 bits per heavy atom. The van der Waals surface area contributed by atoms with Gasteiger partial charge in [0.15, 0.2) is 11.5 Å². The van der Waals surface area contributed by atoms with E-state index in [0.717, 1.165) is 13.1 Å². The summed E-state index contributed by atoms with van der Waals surface area (Å²) in [6.45, 7) is 2.22. The number of nitrogens with one attached hydrogen (secondary N) is 1. The Bertz CT molecular complexity index is 765. The van der Waals surface area contributed by atoms with Crippen LogP contribution in [0.1, 0.15) is 60.3 Å². The molecule has 0 aliphatic heterocycles. The van der Waals surface area contributed by atoms with Crippen LogP contribution in [0.15, 0.2) is 40.9 Å². The van der Waals surface area contributed by atoms with Crippen LogP contribution in [0, 0.1) is 11.3 Å². The predicted octanol–water partition coefficient (Wildman–Crippen LogP) is 4.01. The fourth-order valence-electron chi connectivity index (χ4n) is 4.61. The van der Waals surface area contributed by atoms with E-state index in [1.54, 1.807) is 6.07 Å². The Labute approximate surface area is 161 Å². The molecule has 2 fully saturated rings. The molecule has 0 saturated heterocycles. The van der Waals surface area contributed by atoms with Crippen molar-refractivity contribution in [3.8, 4) is 0 Å². The quantitative estimate of drug-likeness (QED) is 0.803. The zero-order valence-electron chi connectivity index (χ0n) is 16.1. The highest BCUT2D eigenvalue weighted by atomic mass is 16.5. The highest BCUT2D eigenvalue weighted by molar-refractivity contribution is 5.92. The molecule has 2 aromatic rings. The lowest BCUT2D eigenvalue weighted by atomic mass is 9.84. The highest BCUT2D eigenvalue weighted by Crippen LogP contribution is 2.60. The molecule has 1 aromatic heterocycles. The summed E-state index contributed by atoms with van der Waals surface area (Å²) in [6.07, 6.45) is 8.05. The van der Waals surface area contributed by atoms with Crippen molar-refractivity contribution in [2.75, 3.05) is 13.6 Å². The molecule has 1 aromatic carbocycles. The van der Waals surface area contributed by atoms with Crippen LogP contribution < -0.4 is 5.32 Å². The molecule has 2 aliphatic rings. The maximum atomic E-state index is 12.4. The van der Waals surface area contributed by atoms with Crippen LogP contribution in [0.5, 0.6) is 0 Å². The molecular weight excluding hydrogens is 338 g/mol. The lowest BCUT2D eigenvalue weighted by molar-refractivity contribution is 0.0940. The topological polar surface area (TPSA) is 58.4 Å². The van der Waals surface area contributed by atoms with Gasteiger partial charge in [0.25, 0.3) is 5.91 Å². The Hall–Kier alpha value is -2.14. The highest BCUT2D eigenvalue weighted by Gasteiger charge is 2.53. The summed E-state index contributed by atoms with van der Waals surface area (Å²) in [5.74, 6) is 1.26. The third kappa shape index (κ3) is 4.41. The van der Waals surface area contributed by atoms with Gasteiger partial charge >= 0.3 is 0 Å². The summed E-state index contributed by atoms with van der Waals surface area (Å²) in [6, 6.07) is 12.1. The van der Waals surface area contributed by atoms with Gasteiger partial charge in [-0.05, 0) is 43.2 Å². The van der Waals surface area contributed by atoms with Gasteiger partial charge in [-0.15, -0.1) is 0 Å². The molecule has 1 heterocycles. The van der Waals surface area contributed by atoms with Crippen LogP contribution in [0.2, 0.25) is 0 Å². The van der Waals surface area contributed by atoms with Crippen molar-refractivity contribution in [3.05, 3.63) is 53.4 Å². The second-order valence-electron chi connectivity index (χ2n) is 8.37. The fourth-order valence-corrected chi connectivity index (χ4v) is 4.61. The Kier molecular flexibility index (Phi) is 5.30. The van der Waals surface area contributed by atoms with Crippen molar-refractivity contribution < 1.29 is 9.32 Å². The number of hydrogen-bond acceptors (Lipinski definition) is 4. The molecule has 5 nitrogen and oxygen atoms in total. The van der Waals surface area contributed by atoms with Crippen LogP contribution in [0.4, 0.5) is 0 Å². The van der Waals surface area contributed by atoms with Crippen molar-refractivity contribution >= 4 is 5.91 Å². The Balaban J connectivity index is 1.24. The standard InChI is InChI=1S/C22H29N3O2/c1-25(15-17-8-4-2-5-9-17)16-19-12-20(24-27-19)21(26)23-14-18-13-22(18)10-6-3-7-11-22/h2,4-5,8-9,12,18H,3,6-7,10-11,13-16H2,1H3,(H,23,26)/t18-/m0/s1. The minimum absolute atomic E-state index is 0.117. The van der Waals surface area contributed by atoms with E-state index in [4.69, 9.17) is 4.52 Å². The van der Waals surface area contributed by atoms with Crippen molar-refractivity contribution in [2.45, 2.75) is 51.6 Å². The normalized spacial score (nSPS) is 20.7. The smallest absolute Gasteiger partial charge is 0.273 e. The Morgan fingerprint density at radius 3 is 2.78 bits per heavy atom. The lowest BCUT2D eigenvalue weighted by Gasteiger charge is -2.22. The van der Waals surface area contributed by atoms with E-state index < -0.39 is 0 Å². The van der Waals surface area contributed by atoms with Gasteiger partial charge in [-0.1, -0.05) is 54.8 Å². The first kappa shape index (κ1) is 18.2. The predicted molar refractivity (Wildman–Crippen MR) is 104 cm³/mol. The van der Waals surface area contributed by atoms with E-state index in [9.17, 15) is 4.79 Å². The molecule has 0 unspecified atom stereocenters. The third-order valence-electron chi connectivity index (χ3n) is 6.23. The van der Waals surface area contributed by atoms with Crippen LogP contribution in [-0.2, 0) is 13.1 Å². The van der Waals surface area contributed by atoms with Crippen molar-refractivity contribution in [3.63, 3.8) is 0 Å². The SMILES string of the molecule is CN(Cc1ccccc1)Cc1cc(C(=O)NC[C@@H]2CC23CCCCC3)no1. The van der Waals surface area contributed by atoms with Crippen molar-refractivity contribution in [1.82, 2.24) is 15.4 Å². The molecule has 1 N–H and O–H groups in total. The molecule has 0 radical (unpaired) electrons. The summed E-state index contributed by atoms with van der Waals surface area (Å²) < 4.78 is 5.37. The first-order valence-corrected chi connectivity index (χ1v) is 10.1. The monoisotopic (exact) mass is 367 g/mol. The number of nitrogens with zero attached hydrogens (tertiary/aromatic N) is 2. The summed E-state index contributed by atoms with van der Waals surface area (Å²) in [5, 5.41) is 7.03. The minimum Gasteiger partial charge on any atom is -0.359 e. The van der Waals surface area contributed by atoms with Gasteiger partial charge < -0.3 is 9.84 Å². The van der Waals surface area contributed by atoms with E-state index in [0.29, 0.717) is 29.3 Å². The molecule has 4 rings (SSSR count). The van der Waals surface area contributed by atoms with Gasteiger partial charge in [0.05, 0.1) is 6.54 Å². The molecule has 1 spiro atoms. The number of carbonyl (C=O) groups excluding carboxylic acids is 1. The average Bonchev–Trinajstić information content (AvgIpc) is 3.11.